The summed E-state index contributed by atoms with van der Waals surface area (Å²) in [7, 11) is 0. The molecule has 0 saturated heterocycles. The number of nitro benzene ring substituents is 2. The van der Waals surface area contributed by atoms with Crippen LogP contribution in [0.3, 0.4) is 0 Å². The molecule has 27 heavy (non-hydrogen) atoms. The predicted octanol–water partition coefficient (Wildman–Crippen LogP) is 3.22. The first kappa shape index (κ1) is 17.7. The molecule has 0 atom stereocenters. The van der Waals surface area contributed by atoms with Gasteiger partial charge in [-0.25, -0.2) is 9.48 Å². The van der Waals surface area contributed by atoms with E-state index >= 15 is 0 Å². The third-order valence-corrected chi connectivity index (χ3v) is 3.56. The molecule has 3 aromatic rings. The molecule has 2 aromatic carbocycles. The number of carbonyl (C=O) groups is 1. The maximum absolute atomic E-state index is 12.4. The van der Waals surface area contributed by atoms with Crippen LogP contribution in [-0.4, -0.2) is 25.6 Å². The second kappa shape index (κ2) is 7.04. The quantitative estimate of drug-likeness (QED) is 0.384. The van der Waals surface area contributed by atoms with Crippen molar-refractivity contribution in [1.82, 2.24) is 9.78 Å². The van der Waals surface area contributed by atoms with Crippen molar-refractivity contribution in [2.24, 2.45) is 0 Å². The van der Waals surface area contributed by atoms with Crippen LogP contribution in [0.15, 0.2) is 54.6 Å². The van der Waals surface area contributed by atoms with E-state index in [0.717, 1.165) is 18.2 Å². The van der Waals surface area contributed by atoms with E-state index in [1.807, 2.05) is 6.07 Å². The topological polar surface area (TPSA) is 130 Å². The lowest BCUT2D eigenvalue weighted by atomic mass is 10.2. The van der Waals surface area contributed by atoms with Crippen molar-refractivity contribution in [3.8, 4) is 11.6 Å². The van der Waals surface area contributed by atoms with Crippen molar-refractivity contribution in [2.45, 2.75) is 6.92 Å². The summed E-state index contributed by atoms with van der Waals surface area (Å²) in [6.07, 6.45) is 0. The molecular weight excluding hydrogens is 356 g/mol. The van der Waals surface area contributed by atoms with E-state index in [0.29, 0.717) is 11.4 Å². The monoisotopic (exact) mass is 368 g/mol. The second-order valence-corrected chi connectivity index (χ2v) is 5.51. The van der Waals surface area contributed by atoms with Gasteiger partial charge in [0.1, 0.15) is 0 Å². The van der Waals surface area contributed by atoms with Gasteiger partial charge in [-0.05, 0) is 19.1 Å². The maximum atomic E-state index is 12.4. The largest absolute Gasteiger partial charge is 0.404 e. The molecule has 10 nitrogen and oxygen atoms in total. The Morgan fingerprint density at radius 1 is 1.00 bits per heavy atom. The highest BCUT2D eigenvalue weighted by molar-refractivity contribution is 5.92. The molecule has 0 amide bonds. The van der Waals surface area contributed by atoms with Gasteiger partial charge in [0.15, 0.2) is 0 Å². The minimum atomic E-state index is -0.973. The molecule has 0 aliphatic carbocycles. The van der Waals surface area contributed by atoms with Gasteiger partial charge in [-0.1, -0.05) is 18.2 Å². The van der Waals surface area contributed by atoms with Crippen LogP contribution < -0.4 is 4.74 Å². The Labute approximate surface area is 151 Å². The summed E-state index contributed by atoms with van der Waals surface area (Å²) >= 11 is 0. The van der Waals surface area contributed by atoms with Crippen molar-refractivity contribution in [2.75, 3.05) is 0 Å². The average molecular weight is 368 g/mol. The number of aryl methyl sites for hydroxylation is 1. The molecule has 0 radical (unpaired) electrons. The highest BCUT2D eigenvalue weighted by Crippen LogP contribution is 2.25. The molecular formula is C17H12N4O6. The van der Waals surface area contributed by atoms with Crippen LogP contribution in [0.25, 0.3) is 5.69 Å². The van der Waals surface area contributed by atoms with Gasteiger partial charge in [-0.3, -0.25) is 20.2 Å². The average Bonchev–Trinajstić information content (AvgIpc) is 3.02. The van der Waals surface area contributed by atoms with E-state index in [2.05, 4.69) is 5.10 Å². The third-order valence-electron chi connectivity index (χ3n) is 3.56. The minimum Gasteiger partial charge on any atom is -0.404 e. The van der Waals surface area contributed by atoms with Gasteiger partial charge in [0.05, 0.1) is 32.9 Å². The Hall–Kier alpha value is -4.08. The Kier molecular flexibility index (Phi) is 4.62. The van der Waals surface area contributed by atoms with E-state index < -0.39 is 27.2 Å². The number of para-hydroxylation sites is 1. The zero-order valence-electron chi connectivity index (χ0n) is 13.9. The van der Waals surface area contributed by atoms with Crippen LogP contribution >= 0.6 is 0 Å². The van der Waals surface area contributed by atoms with E-state index in [9.17, 15) is 25.0 Å². The number of benzene rings is 2. The number of hydrogen-bond acceptors (Lipinski definition) is 7. The summed E-state index contributed by atoms with van der Waals surface area (Å²) in [5, 5.41) is 26.2. The van der Waals surface area contributed by atoms with E-state index in [1.165, 1.54) is 10.7 Å². The standard InChI is InChI=1S/C17H12N4O6/c1-11-7-16(19(18-11)13-5-3-2-4-6-13)27-17(22)12-8-14(20(23)24)10-15(9-12)21(25)26/h2-10H,1H3. The van der Waals surface area contributed by atoms with Crippen molar-refractivity contribution < 1.29 is 19.4 Å². The first-order valence-corrected chi connectivity index (χ1v) is 7.63. The molecule has 3 rings (SSSR count). The number of nitro groups is 2. The van der Waals surface area contributed by atoms with Crippen molar-refractivity contribution in [3.05, 3.63) is 86.1 Å². The summed E-state index contributed by atoms with van der Waals surface area (Å²) < 4.78 is 6.68. The molecule has 0 saturated carbocycles. The van der Waals surface area contributed by atoms with Crippen molar-refractivity contribution in [3.63, 3.8) is 0 Å². The van der Waals surface area contributed by atoms with Crippen LogP contribution in [0.2, 0.25) is 0 Å². The summed E-state index contributed by atoms with van der Waals surface area (Å²) in [5.41, 5.74) is -0.257. The lowest BCUT2D eigenvalue weighted by Gasteiger charge is -2.08. The molecule has 0 aliphatic heterocycles. The van der Waals surface area contributed by atoms with E-state index in [4.69, 9.17) is 4.74 Å². The lowest BCUT2D eigenvalue weighted by molar-refractivity contribution is -0.394. The normalized spacial score (nSPS) is 10.4. The summed E-state index contributed by atoms with van der Waals surface area (Å²) in [5.74, 6) is -0.892. The SMILES string of the molecule is Cc1cc(OC(=O)c2cc([N+](=O)[O-])cc([N+](=O)[O-])c2)n(-c2ccccc2)n1. The molecule has 0 N–H and O–H groups in total. The number of ether oxygens (including phenoxy) is 1. The molecule has 10 heteroatoms. The summed E-state index contributed by atoms with van der Waals surface area (Å²) in [6, 6.07) is 13.0. The molecule has 0 bridgehead atoms. The third kappa shape index (κ3) is 3.79. The fraction of sp³-hybridized carbons (Fsp3) is 0.0588. The first-order chi connectivity index (χ1) is 12.8. The molecule has 0 unspecified atom stereocenters. The lowest BCUT2D eigenvalue weighted by Crippen LogP contribution is -2.12. The highest BCUT2D eigenvalue weighted by Gasteiger charge is 2.22. The van der Waals surface area contributed by atoms with Gasteiger partial charge >= 0.3 is 5.97 Å². The Balaban J connectivity index is 1.97. The van der Waals surface area contributed by atoms with Crippen LogP contribution in [0.4, 0.5) is 11.4 Å². The van der Waals surface area contributed by atoms with Crippen LogP contribution in [-0.2, 0) is 0 Å². The van der Waals surface area contributed by atoms with Gasteiger partial charge in [-0.2, -0.15) is 5.10 Å². The second-order valence-electron chi connectivity index (χ2n) is 5.51. The van der Waals surface area contributed by atoms with E-state index in [1.54, 1.807) is 31.2 Å². The van der Waals surface area contributed by atoms with Crippen LogP contribution in [0.5, 0.6) is 5.88 Å². The smallest absolute Gasteiger partial charge is 0.345 e. The summed E-state index contributed by atoms with van der Waals surface area (Å²) in [6.45, 7) is 1.70. The zero-order chi connectivity index (χ0) is 19.6. The van der Waals surface area contributed by atoms with Crippen molar-refractivity contribution in [1.29, 1.82) is 0 Å². The van der Waals surface area contributed by atoms with E-state index in [-0.39, 0.29) is 11.4 Å². The number of aromatic nitrogens is 2. The Morgan fingerprint density at radius 2 is 1.59 bits per heavy atom. The van der Waals surface area contributed by atoms with Gasteiger partial charge in [0.25, 0.3) is 11.4 Å². The molecule has 0 spiro atoms. The molecule has 1 aromatic heterocycles. The number of rotatable bonds is 5. The Bertz CT molecular complexity index is 1010. The number of carbonyl (C=O) groups excluding carboxylic acids is 1. The van der Waals surface area contributed by atoms with Gasteiger partial charge < -0.3 is 4.74 Å². The fourth-order valence-electron chi connectivity index (χ4n) is 2.38. The van der Waals surface area contributed by atoms with Crippen LogP contribution in [0.1, 0.15) is 16.1 Å². The maximum Gasteiger partial charge on any atom is 0.345 e. The Morgan fingerprint density at radius 3 is 2.15 bits per heavy atom. The van der Waals surface area contributed by atoms with Crippen LogP contribution in [0, 0.1) is 27.2 Å². The highest BCUT2D eigenvalue weighted by atomic mass is 16.6. The molecule has 136 valence electrons. The first-order valence-electron chi connectivity index (χ1n) is 7.63. The molecule has 1 heterocycles. The number of hydrogen-bond donors (Lipinski definition) is 0. The minimum absolute atomic E-state index is 0.0814. The van der Waals surface area contributed by atoms with Gasteiger partial charge in [0.2, 0.25) is 5.88 Å². The number of non-ortho nitro benzene ring substituents is 2. The summed E-state index contributed by atoms with van der Waals surface area (Å²) in [4.78, 5) is 32.7. The van der Waals surface area contributed by atoms with Gasteiger partial charge in [-0.15, -0.1) is 0 Å². The molecule has 0 fully saturated rings. The van der Waals surface area contributed by atoms with Crippen molar-refractivity contribution >= 4 is 17.3 Å². The number of esters is 1. The predicted molar refractivity (Wildman–Crippen MR) is 93.0 cm³/mol. The zero-order valence-corrected chi connectivity index (χ0v) is 13.9. The van der Waals surface area contributed by atoms with Gasteiger partial charge in [0, 0.05) is 18.2 Å². The number of nitrogens with zero attached hydrogens (tertiary/aromatic N) is 4. The fourth-order valence-corrected chi connectivity index (χ4v) is 2.38. The molecule has 0 aliphatic rings.